The van der Waals surface area contributed by atoms with Crippen LogP contribution in [0.5, 0.6) is 0 Å². The molecule has 0 aromatic rings. The Hall–Kier alpha value is -1.29. The number of allylic oxidation sites excluding steroid dienone is 5. The maximum Gasteiger partial charge on any atom is 0.333 e. The van der Waals surface area contributed by atoms with Crippen LogP contribution in [0.1, 0.15) is 20.3 Å². The van der Waals surface area contributed by atoms with E-state index in [0.717, 1.165) is 10.2 Å². The van der Waals surface area contributed by atoms with Crippen LogP contribution in [-0.2, 0) is 14.3 Å². The van der Waals surface area contributed by atoms with Gasteiger partial charge in [0.25, 0.3) is 0 Å². The lowest BCUT2D eigenvalue weighted by atomic mass is 10.4. The van der Waals surface area contributed by atoms with Crippen LogP contribution in [0.4, 0.5) is 0 Å². The van der Waals surface area contributed by atoms with Crippen molar-refractivity contribution in [3.05, 3.63) is 47.2 Å². The van der Waals surface area contributed by atoms with Crippen molar-refractivity contribution < 1.29 is 14.3 Å². The molecular formula is C14H19BrO3. The Morgan fingerprint density at radius 3 is 2.39 bits per heavy atom. The second kappa shape index (κ2) is 9.71. The molecule has 0 aromatic carbocycles. The summed E-state index contributed by atoms with van der Waals surface area (Å²) >= 11 is 3.30. The number of hydrogen-bond donors (Lipinski definition) is 0. The molecule has 0 aliphatic carbocycles. The largest absolute Gasteiger partial charge is 0.498 e. The molecule has 0 spiro atoms. The fraction of sp³-hybridized carbons (Fsp3) is 0.357. The minimum Gasteiger partial charge on any atom is -0.498 e. The second-order valence-electron chi connectivity index (χ2n) is 3.65. The summed E-state index contributed by atoms with van der Waals surface area (Å²) in [5.41, 5.74) is 0.409. The van der Waals surface area contributed by atoms with E-state index in [-0.39, 0.29) is 5.97 Å². The summed E-state index contributed by atoms with van der Waals surface area (Å²) in [5.74, 6) is 0.431. The van der Waals surface area contributed by atoms with Crippen LogP contribution in [0.3, 0.4) is 0 Å². The number of rotatable bonds is 8. The van der Waals surface area contributed by atoms with E-state index in [0.29, 0.717) is 25.2 Å². The summed E-state index contributed by atoms with van der Waals surface area (Å²) in [7, 11) is 0. The minimum atomic E-state index is -0.361. The van der Waals surface area contributed by atoms with E-state index in [1.54, 1.807) is 13.0 Å². The van der Waals surface area contributed by atoms with Crippen molar-refractivity contribution in [1.82, 2.24) is 0 Å². The first-order chi connectivity index (χ1) is 8.47. The maximum absolute atomic E-state index is 11.1. The van der Waals surface area contributed by atoms with Crippen LogP contribution in [0.15, 0.2) is 47.2 Å². The van der Waals surface area contributed by atoms with Gasteiger partial charge in [-0.05, 0) is 26.0 Å². The van der Waals surface area contributed by atoms with E-state index in [1.807, 2.05) is 19.1 Å². The third-order valence-corrected chi connectivity index (χ3v) is 2.46. The fourth-order valence-electron chi connectivity index (χ4n) is 0.893. The lowest BCUT2D eigenvalue weighted by Gasteiger charge is -2.06. The zero-order valence-electron chi connectivity index (χ0n) is 10.9. The fourth-order valence-corrected chi connectivity index (χ4v) is 1.03. The van der Waals surface area contributed by atoms with Crippen molar-refractivity contribution in [2.24, 2.45) is 0 Å². The van der Waals surface area contributed by atoms with Crippen LogP contribution < -0.4 is 0 Å². The molecule has 0 rings (SSSR count). The van der Waals surface area contributed by atoms with Crippen molar-refractivity contribution in [3.63, 3.8) is 0 Å². The van der Waals surface area contributed by atoms with Crippen molar-refractivity contribution in [2.45, 2.75) is 20.3 Å². The van der Waals surface area contributed by atoms with Gasteiger partial charge in [-0.25, -0.2) is 4.79 Å². The highest BCUT2D eigenvalue weighted by Crippen LogP contribution is 2.07. The molecule has 0 amide bonds. The van der Waals surface area contributed by atoms with Crippen molar-refractivity contribution in [1.29, 1.82) is 0 Å². The van der Waals surface area contributed by atoms with Gasteiger partial charge < -0.3 is 9.47 Å². The topological polar surface area (TPSA) is 35.5 Å². The standard InChI is InChI=1S/C14H19BrO3/c1-5-13(15)8-7-12(4)17-9-6-10-18-14(16)11(2)3/h5,7-8H,1-2,6,9-10H2,3-4H3/b12-7+,13-8+. The summed E-state index contributed by atoms with van der Waals surface area (Å²) in [5, 5.41) is 0. The lowest BCUT2D eigenvalue weighted by Crippen LogP contribution is -2.08. The zero-order chi connectivity index (χ0) is 14.0. The van der Waals surface area contributed by atoms with Gasteiger partial charge in [-0.2, -0.15) is 0 Å². The van der Waals surface area contributed by atoms with Gasteiger partial charge in [0, 0.05) is 16.5 Å². The molecule has 0 bridgehead atoms. The minimum absolute atomic E-state index is 0.338. The molecule has 3 nitrogen and oxygen atoms in total. The van der Waals surface area contributed by atoms with Crippen molar-refractivity contribution in [3.8, 4) is 0 Å². The van der Waals surface area contributed by atoms with Gasteiger partial charge in [-0.15, -0.1) is 0 Å². The molecule has 0 unspecified atom stereocenters. The normalized spacial score (nSPS) is 11.9. The SMILES string of the molecule is C=C/C(Br)=C\C=C(/C)OCCCOC(=O)C(=C)C. The molecule has 0 fully saturated rings. The number of carbonyl (C=O) groups excluding carboxylic acids is 1. The van der Waals surface area contributed by atoms with Crippen LogP contribution in [0.25, 0.3) is 0 Å². The lowest BCUT2D eigenvalue weighted by molar-refractivity contribution is -0.139. The smallest absolute Gasteiger partial charge is 0.333 e. The van der Waals surface area contributed by atoms with Crippen LogP contribution >= 0.6 is 15.9 Å². The summed E-state index contributed by atoms with van der Waals surface area (Å²) in [6.45, 7) is 11.4. The van der Waals surface area contributed by atoms with E-state index in [1.165, 1.54) is 0 Å². The monoisotopic (exact) mass is 314 g/mol. The molecule has 0 saturated carbocycles. The molecular weight excluding hydrogens is 296 g/mol. The van der Waals surface area contributed by atoms with Gasteiger partial charge in [0.2, 0.25) is 0 Å². The Kier molecular flexibility index (Phi) is 9.01. The number of carbonyl (C=O) groups is 1. The summed E-state index contributed by atoms with van der Waals surface area (Å²) in [6, 6.07) is 0. The highest BCUT2D eigenvalue weighted by Gasteiger charge is 2.01. The molecule has 0 radical (unpaired) electrons. The Balaban J connectivity index is 3.76. The van der Waals surface area contributed by atoms with E-state index < -0.39 is 0 Å². The molecule has 100 valence electrons. The quantitative estimate of drug-likeness (QED) is 0.224. The third kappa shape index (κ3) is 8.82. The Labute approximate surface area is 117 Å². The zero-order valence-corrected chi connectivity index (χ0v) is 12.5. The Bertz CT molecular complexity index is 367. The van der Waals surface area contributed by atoms with Gasteiger partial charge in [0.15, 0.2) is 0 Å². The molecule has 4 heteroatoms. The van der Waals surface area contributed by atoms with Crippen LogP contribution in [0, 0.1) is 0 Å². The number of ether oxygens (including phenoxy) is 2. The van der Waals surface area contributed by atoms with Crippen molar-refractivity contribution >= 4 is 21.9 Å². The molecule has 0 heterocycles. The van der Waals surface area contributed by atoms with Gasteiger partial charge in [-0.1, -0.05) is 35.2 Å². The molecule has 0 saturated heterocycles. The highest BCUT2D eigenvalue weighted by molar-refractivity contribution is 9.11. The summed E-state index contributed by atoms with van der Waals surface area (Å²) in [4.78, 5) is 11.1. The number of halogens is 1. The second-order valence-corrected chi connectivity index (χ2v) is 4.57. The van der Waals surface area contributed by atoms with E-state index >= 15 is 0 Å². The van der Waals surface area contributed by atoms with Gasteiger partial charge in [-0.3, -0.25) is 0 Å². The Morgan fingerprint density at radius 1 is 1.22 bits per heavy atom. The van der Waals surface area contributed by atoms with E-state index in [4.69, 9.17) is 9.47 Å². The van der Waals surface area contributed by atoms with Gasteiger partial charge >= 0.3 is 5.97 Å². The number of hydrogen-bond acceptors (Lipinski definition) is 3. The van der Waals surface area contributed by atoms with Crippen molar-refractivity contribution in [2.75, 3.05) is 13.2 Å². The molecule has 0 N–H and O–H groups in total. The van der Waals surface area contributed by atoms with E-state index in [2.05, 4.69) is 29.1 Å². The maximum atomic E-state index is 11.1. The molecule has 0 aromatic heterocycles. The molecule has 18 heavy (non-hydrogen) atoms. The summed E-state index contributed by atoms with van der Waals surface area (Å²) < 4.78 is 11.2. The highest BCUT2D eigenvalue weighted by atomic mass is 79.9. The third-order valence-electron chi connectivity index (χ3n) is 1.87. The van der Waals surface area contributed by atoms with Gasteiger partial charge in [0.05, 0.1) is 19.0 Å². The first kappa shape index (κ1) is 16.7. The first-order valence-electron chi connectivity index (χ1n) is 5.59. The Morgan fingerprint density at radius 2 is 1.83 bits per heavy atom. The average molecular weight is 315 g/mol. The molecule has 0 aliphatic heterocycles. The number of esters is 1. The van der Waals surface area contributed by atoms with E-state index in [9.17, 15) is 4.79 Å². The molecule has 0 aliphatic rings. The van der Waals surface area contributed by atoms with Gasteiger partial charge in [0.1, 0.15) is 0 Å². The predicted octanol–water partition coefficient (Wildman–Crippen LogP) is 3.88. The molecule has 0 atom stereocenters. The predicted molar refractivity (Wildman–Crippen MR) is 77.3 cm³/mol. The summed E-state index contributed by atoms with van der Waals surface area (Å²) in [6.07, 6.45) is 6.03. The first-order valence-corrected chi connectivity index (χ1v) is 6.38. The average Bonchev–Trinajstić information content (AvgIpc) is 2.34. The van der Waals surface area contributed by atoms with Crippen LogP contribution in [0.2, 0.25) is 0 Å². The van der Waals surface area contributed by atoms with Crippen LogP contribution in [-0.4, -0.2) is 19.2 Å².